The molecule has 2 N–H and O–H groups in total. The summed E-state index contributed by atoms with van der Waals surface area (Å²) in [5, 5.41) is 10.1. The molecule has 0 atom stereocenters. The predicted octanol–water partition coefficient (Wildman–Crippen LogP) is 2.28. The van der Waals surface area contributed by atoms with Gasteiger partial charge in [0.15, 0.2) is 0 Å². The van der Waals surface area contributed by atoms with Crippen molar-refractivity contribution in [1.29, 1.82) is 0 Å². The van der Waals surface area contributed by atoms with Crippen molar-refractivity contribution in [2.45, 2.75) is 11.6 Å². The standard InChI is InChI=1S/C10H8BrNO5S2/c11-6-3-4-18-8(6)5-12-19(15,16)9-2-1-7(17-9)10(13)14/h1-4,12H,5H2,(H,13,14). The molecule has 0 saturated heterocycles. The number of thiophene rings is 1. The van der Waals surface area contributed by atoms with Crippen LogP contribution in [0, 0.1) is 0 Å². The average Bonchev–Trinajstić information content (AvgIpc) is 2.95. The molecule has 0 spiro atoms. The van der Waals surface area contributed by atoms with Gasteiger partial charge in [0, 0.05) is 15.9 Å². The Balaban J connectivity index is 2.14. The molecule has 0 aliphatic rings. The first-order valence-electron chi connectivity index (χ1n) is 4.95. The van der Waals surface area contributed by atoms with Crippen LogP contribution in [0.2, 0.25) is 0 Å². The summed E-state index contributed by atoms with van der Waals surface area (Å²) >= 11 is 4.68. The maximum Gasteiger partial charge on any atom is 0.371 e. The van der Waals surface area contributed by atoms with Crippen LogP contribution >= 0.6 is 27.3 Å². The van der Waals surface area contributed by atoms with E-state index in [9.17, 15) is 13.2 Å². The van der Waals surface area contributed by atoms with Crippen LogP contribution in [0.1, 0.15) is 15.4 Å². The lowest BCUT2D eigenvalue weighted by Crippen LogP contribution is -2.22. The molecule has 0 aliphatic carbocycles. The molecule has 0 bridgehead atoms. The zero-order valence-electron chi connectivity index (χ0n) is 9.29. The van der Waals surface area contributed by atoms with Crippen LogP contribution in [0.5, 0.6) is 0 Å². The van der Waals surface area contributed by atoms with Gasteiger partial charge in [-0.25, -0.2) is 17.9 Å². The number of furan rings is 1. The minimum absolute atomic E-state index is 0.101. The predicted molar refractivity (Wildman–Crippen MR) is 71.7 cm³/mol. The van der Waals surface area contributed by atoms with Gasteiger partial charge in [-0.15, -0.1) is 11.3 Å². The van der Waals surface area contributed by atoms with Crippen LogP contribution in [-0.2, 0) is 16.6 Å². The molecule has 0 saturated carbocycles. The first-order valence-corrected chi connectivity index (χ1v) is 8.10. The highest BCUT2D eigenvalue weighted by Gasteiger charge is 2.21. The van der Waals surface area contributed by atoms with Crippen molar-refractivity contribution in [3.8, 4) is 0 Å². The number of aromatic carboxylic acids is 1. The van der Waals surface area contributed by atoms with Gasteiger partial charge in [0.2, 0.25) is 10.9 Å². The third-order valence-electron chi connectivity index (χ3n) is 2.17. The maximum atomic E-state index is 11.9. The number of carbonyl (C=O) groups is 1. The highest BCUT2D eigenvalue weighted by molar-refractivity contribution is 9.10. The summed E-state index contributed by atoms with van der Waals surface area (Å²) in [5.74, 6) is -1.74. The Labute approximate surface area is 121 Å². The number of halogens is 1. The van der Waals surface area contributed by atoms with E-state index >= 15 is 0 Å². The van der Waals surface area contributed by atoms with E-state index < -0.39 is 26.8 Å². The summed E-state index contributed by atoms with van der Waals surface area (Å²) < 4.78 is 31.6. The summed E-state index contributed by atoms with van der Waals surface area (Å²) in [6, 6.07) is 4.01. The molecule has 2 heterocycles. The largest absolute Gasteiger partial charge is 0.475 e. The Hall–Kier alpha value is -1.16. The van der Waals surface area contributed by atoms with Crippen molar-refractivity contribution >= 4 is 43.3 Å². The Morgan fingerprint density at radius 1 is 1.42 bits per heavy atom. The average molecular weight is 366 g/mol. The maximum absolute atomic E-state index is 11.9. The number of hydrogen-bond acceptors (Lipinski definition) is 5. The lowest BCUT2D eigenvalue weighted by atomic mass is 10.5. The van der Waals surface area contributed by atoms with Crippen molar-refractivity contribution in [1.82, 2.24) is 4.72 Å². The molecular formula is C10H8BrNO5S2. The number of nitrogens with one attached hydrogen (secondary N) is 1. The third-order valence-corrected chi connectivity index (χ3v) is 5.37. The first-order chi connectivity index (χ1) is 8.90. The Morgan fingerprint density at radius 2 is 2.16 bits per heavy atom. The lowest BCUT2D eigenvalue weighted by Gasteiger charge is -2.02. The van der Waals surface area contributed by atoms with Crippen molar-refractivity contribution in [3.63, 3.8) is 0 Å². The Kier molecular flexibility index (Phi) is 4.09. The minimum atomic E-state index is -3.86. The van der Waals surface area contributed by atoms with Gasteiger partial charge in [0.1, 0.15) is 0 Å². The molecule has 2 aromatic heterocycles. The molecule has 9 heteroatoms. The monoisotopic (exact) mass is 365 g/mol. The van der Waals surface area contributed by atoms with Crippen molar-refractivity contribution in [2.75, 3.05) is 0 Å². The SMILES string of the molecule is O=C(O)c1ccc(S(=O)(=O)NCc2sccc2Br)o1. The quantitative estimate of drug-likeness (QED) is 0.846. The summed E-state index contributed by atoms with van der Waals surface area (Å²) in [5.41, 5.74) is 0. The van der Waals surface area contributed by atoms with Gasteiger partial charge in [-0.05, 0) is 39.5 Å². The van der Waals surface area contributed by atoms with Crippen LogP contribution in [0.15, 0.2) is 37.6 Å². The molecule has 0 unspecified atom stereocenters. The van der Waals surface area contributed by atoms with Crippen LogP contribution < -0.4 is 4.72 Å². The van der Waals surface area contributed by atoms with Crippen LogP contribution in [0.25, 0.3) is 0 Å². The molecule has 2 rings (SSSR count). The van der Waals surface area contributed by atoms with Gasteiger partial charge in [-0.3, -0.25) is 0 Å². The number of sulfonamides is 1. The lowest BCUT2D eigenvalue weighted by molar-refractivity contribution is 0.0656. The summed E-state index contributed by atoms with van der Waals surface area (Å²) in [7, 11) is -3.86. The normalized spacial score (nSPS) is 11.6. The second-order valence-corrected chi connectivity index (χ2v) is 6.99. The van der Waals surface area contributed by atoms with E-state index in [4.69, 9.17) is 9.52 Å². The molecule has 0 aromatic carbocycles. The van der Waals surface area contributed by atoms with Gasteiger partial charge in [-0.2, -0.15) is 0 Å². The first kappa shape index (κ1) is 14.3. The Bertz CT molecular complexity index is 703. The van der Waals surface area contributed by atoms with Crippen molar-refractivity contribution in [2.24, 2.45) is 0 Å². The van der Waals surface area contributed by atoms with Gasteiger partial charge < -0.3 is 9.52 Å². The van der Waals surface area contributed by atoms with Gasteiger partial charge in [0.25, 0.3) is 10.0 Å². The molecule has 2 aromatic rings. The minimum Gasteiger partial charge on any atom is -0.475 e. The van der Waals surface area contributed by atoms with E-state index in [1.165, 1.54) is 11.3 Å². The molecule has 6 nitrogen and oxygen atoms in total. The zero-order valence-corrected chi connectivity index (χ0v) is 12.5. The van der Waals surface area contributed by atoms with E-state index in [0.717, 1.165) is 21.5 Å². The highest BCUT2D eigenvalue weighted by atomic mass is 79.9. The van der Waals surface area contributed by atoms with E-state index in [0.29, 0.717) is 0 Å². The molecule has 0 aliphatic heterocycles. The fourth-order valence-electron chi connectivity index (χ4n) is 1.26. The second-order valence-electron chi connectivity index (χ2n) is 3.44. The number of carboxylic acids is 1. The molecule has 102 valence electrons. The fourth-order valence-corrected chi connectivity index (χ4v) is 3.71. The molecule has 0 amide bonds. The van der Waals surface area contributed by atoms with Crippen molar-refractivity contribution < 1.29 is 22.7 Å². The fraction of sp³-hybridized carbons (Fsp3) is 0.100. The second kappa shape index (κ2) is 5.45. The van der Waals surface area contributed by atoms with Crippen LogP contribution in [0.3, 0.4) is 0 Å². The smallest absolute Gasteiger partial charge is 0.371 e. The summed E-state index contributed by atoms with van der Waals surface area (Å²) in [6.07, 6.45) is 0. The number of rotatable bonds is 5. The third kappa shape index (κ3) is 3.24. The summed E-state index contributed by atoms with van der Waals surface area (Å²) in [4.78, 5) is 11.4. The molecule has 19 heavy (non-hydrogen) atoms. The van der Waals surface area contributed by atoms with Crippen molar-refractivity contribution in [3.05, 3.63) is 38.7 Å². The topological polar surface area (TPSA) is 96.6 Å². The Morgan fingerprint density at radius 3 is 2.68 bits per heavy atom. The molecule has 0 fully saturated rings. The van der Waals surface area contributed by atoms with Gasteiger partial charge in [-0.1, -0.05) is 0 Å². The molecule has 0 radical (unpaired) electrons. The van der Waals surface area contributed by atoms with Crippen LogP contribution in [0.4, 0.5) is 0 Å². The van der Waals surface area contributed by atoms with Gasteiger partial charge in [0.05, 0.1) is 0 Å². The van der Waals surface area contributed by atoms with Crippen LogP contribution in [-0.4, -0.2) is 19.5 Å². The highest BCUT2D eigenvalue weighted by Crippen LogP contribution is 2.23. The van der Waals surface area contributed by atoms with E-state index in [1.807, 2.05) is 11.4 Å². The zero-order chi connectivity index (χ0) is 14.0. The number of hydrogen-bond donors (Lipinski definition) is 2. The van der Waals surface area contributed by atoms with E-state index in [1.54, 1.807) is 0 Å². The summed E-state index contributed by atoms with van der Waals surface area (Å²) in [6.45, 7) is 0.101. The molecular weight excluding hydrogens is 358 g/mol. The van der Waals surface area contributed by atoms with E-state index in [2.05, 4.69) is 20.7 Å². The van der Waals surface area contributed by atoms with Gasteiger partial charge >= 0.3 is 5.97 Å². The number of carboxylic acid groups (broad SMARTS) is 1. The van der Waals surface area contributed by atoms with E-state index in [-0.39, 0.29) is 6.54 Å².